The second-order valence-electron chi connectivity index (χ2n) is 4.25. The van der Waals surface area contributed by atoms with Crippen molar-refractivity contribution in [3.63, 3.8) is 0 Å². The monoisotopic (exact) mass is 263 g/mol. The van der Waals surface area contributed by atoms with Gasteiger partial charge >= 0.3 is 0 Å². The molecular weight excluding hydrogens is 250 g/mol. The highest BCUT2D eigenvalue weighted by Crippen LogP contribution is 2.23. The highest BCUT2D eigenvalue weighted by atomic mass is 32.1. The van der Waals surface area contributed by atoms with E-state index in [9.17, 15) is 4.79 Å². The first-order valence-corrected chi connectivity index (χ1v) is 6.58. The maximum atomic E-state index is 11.4. The molecule has 94 valence electrons. The molecule has 0 fully saturated rings. The van der Waals surface area contributed by atoms with Gasteiger partial charge in [0, 0.05) is 30.5 Å². The Morgan fingerprint density at radius 1 is 1.61 bits per heavy atom. The summed E-state index contributed by atoms with van der Waals surface area (Å²) >= 11 is 1.52. The maximum absolute atomic E-state index is 11.4. The third-order valence-corrected chi connectivity index (χ3v) is 3.89. The Bertz CT molecular complexity index is 615. The summed E-state index contributed by atoms with van der Waals surface area (Å²) in [6, 6.07) is 0. The fourth-order valence-corrected chi connectivity index (χ4v) is 2.92. The second kappa shape index (κ2) is 4.18. The van der Waals surface area contributed by atoms with Gasteiger partial charge in [0.05, 0.1) is 11.4 Å². The number of thiazole rings is 1. The van der Waals surface area contributed by atoms with Crippen LogP contribution in [-0.4, -0.2) is 27.2 Å². The Morgan fingerprint density at radius 2 is 2.44 bits per heavy atom. The highest BCUT2D eigenvalue weighted by molar-refractivity contribution is 7.12. The average Bonchev–Trinajstić information content (AvgIpc) is 2.92. The molecular formula is C11H13N5OS. The standard InChI is InChI=1S/C11H13N5OS/c1-6-5-18-11(14-6)16-8-2-3-13-4-7(8)9(15-16)10(12)17/h5,13H,2-4H2,1H3,(H2,12,17). The minimum absolute atomic E-state index is 0.352. The zero-order chi connectivity index (χ0) is 12.7. The molecule has 6 nitrogen and oxygen atoms in total. The summed E-state index contributed by atoms with van der Waals surface area (Å²) in [6.45, 7) is 3.45. The van der Waals surface area contributed by atoms with Gasteiger partial charge in [-0.3, -0.25) is 4.79 Å². The van der Waals surface area contributed by atoms with Crippen molar-refractivity contribution in [3.05, 3.63) is 28.0 Å². The van der Waals surface area contributed by atoms with Crippen molar-refractivity contribution >= 4 is 17.2 Å². The first kappa shape index (κ1) is 11.4. The fourth-order valence-electron chi connectivity index (χ4n) is 2.14. The van der Waals surface area contributed by atoms with E-state index in [1.165, 1.54) is 11.3 Å². The van der Waals surface area contributed by atoms with Crippen LogP contribution in [0.1, 0.15) is 27.4 Å². The van der Waals surface area contributed by atoms with Crippen LogP contribution in [0.25, 0.3) is 5.13 Å². The summed E-state index contributed by atoms with van der Waals surface area (Å²) in [6.07, 6.45) is 0.828. The summed E-state index contributed by atoms with van der Waals surface area (Å²) in [7, 11) is 0. The smallest absolute Gasteiger partial charge is 0.269 e. The normalized spacial score (nSPS) is 14.5. The van der Waals surface area contributed by atoms with Crippen LogP contribution in [0.5, 0.6) is 0 Å². The molecule has 0 aliphatic carbocycles. The molecule has 0 bridgehead atoms. The molecule has 3 heterocycles. The van der Waals surface area contributed by atoms with Crippen molar-refractivity contribution in [2.24, 2.45) is 5.73 Å². The van der Waals surface area contributed by atoms with Gasteiger partial charge in [0.2, 0.25) is 5.13 Å². The van der Waals surface area contributed by atoms with E-state index >= 15 is 0 Å². The van der Waals surface area contributed by atoms with E-state index in [1.54, 1.807) is 4.68 Å². The Balaban J connectivity index is 2.18. The van der Waals surface area contributed by atoms with E-state index in [0.29, 0.717) is 12.2 Å². The van der Waals surface area contributed by atoms with Crippen LogP contribution < -0.4 is 11.1 Å². The molecule has 1 aliphatic heterocycles. The predicted molar refractivity (Wildman–Crippen MR) is 67.9 cm³/mol. The Labute approximate surface area is 108 Å². The van der Waals surface area contributed by atoms with Crippen molar-refractivity contribution in [1.29, 1.82) is 0 Å². The molecule has 0 saturated carbocycles. The summed E-state index contributed by atoms with van der Waals surface area (Å²) in [4.78, 5) is 15.8. The van der Waals surface area contributed by atoms with Crippen molar-refractivity contribution in [3.8, 4) is 5.13 Å². The van der Waals surface area contributed by atoms with E-state index < -0.39 is 5.91 Å². The van der Waals surface area contributed by atoms with E-state index in [4.69, 9.17) is 5.73 Å². The first-order chi connectivity index (χ1) is 8.66. The molecule has 7 heteroatoms. The lowest BCUT2D eigenvalue weighted by Crippen LogP contribution is -2.26. The zero-order valence-electron chi connectivity index (χ0n) is 9.93. The number of carbonyl (C=O) groups excluding carboxylic acids is 1. The number of primary amides is 1. The lowest BCUT2D eigenvalue weighted by molar-refractivity contribution is 0.0994. The number of hydrogen-bond acceptors (Lipinski definition) is 5. The van der Waals surface area contributed by atoms with E-state index in [1.807, 2.05) is 12.3 Å². The highest BCUT2D eigenvalue weighted by Gasteiger charge is 2.24. The molecule has 0 aromatic carbocycles. The van der Waals surface area contributed by atoms with Gasteiger partial charge in [-0.1, -0.05) is 0 Å². The van der Waals surface area contributed by atoms with Gasteiger partial charge in [0.15, 0.2) is 5.69 Å². The molecule has 1 aliphatic rings. The molecule has 0 unspecified atom stereocenters. The van der Waals surface area contributed by atoms with Crippen LogP contribution >= 0.6 is 11.3 Å². The molecule has 1 amide bonds. The number of carbonyl (C=O) groups is 1. The number of nitrogens with zero attached hydrogens (tertiary/aromatic N) is 3. The number of hydrogen-bond donors (Lipinski definition) is 2. The molecule has 18 heavy (non-hydrogen) atoms. The largest absolute Gasteiger partial charge is 0.364 e. The van der Waals surface area contributed by atoms with Gasteiger partial charge in [0.1, 0.15) is 0 Å². The van der Waals surface area contributed by atoms with Crippen LogP contribution in [0, 0.1) is 6.92 Å². The number of aryl methyl sites for hydroxylation is 1. The summed E-state index contributed by atoms with van der Waals surface area (Å²) in [5.74, 6) is -0.484. The summed E-state index contributed by atoms with van der Waals surface area (Å²) < 4.78 is 1.76. The number of nitrogens with two attached hydrogens (primary N) is 1. The number of aromatic nitrogens is 3. The maximum Gasteiger partial charge on any atom is 0.269 e. The van der Waals surface area contributed by atoms with Crippen LogP contribution in [0.3, 0.4) is 0 Å². The third kappa shape index (κ3) is 1.72. The summed E-state index contributed by atoms with van der Waals surface area (Å²) in [5.41, 5.74) is 8.62. The Morgan fingerprint density at radius 3 is 3.11 bits per heavy atom. The second-order valence-corrected chi connectivity index (χ2v) is 5.08. The van der Waals surface area contributed by atoms with E-state index in [0.717, 1.165) is 35.0 Å². The number of rotatable bonds is 2. The number of nitrogens with one attached hydrogen (secondary N) is 1. The fraction of sp³-hybridized carbons (Fsp3) is 0.364. The SMILES string of the molecule is Cc1csc(-n2nc(C(N)=O)c3c2CCNC3)n1. The molecule has 0 atom stereocenters. The third-order valence-electron chi connectivity index (χ3n) is 2.95. The molecule has 0 spiro atoms. The van der Waals surface area contributed by atoms with Gasteiger partial charge in [0.25, 0.3) is 5.91 Å². The van der Waals surface area contributed by atoms with E-state index in [2.05, 4.69) is 15.4 Å². The minimum atomic E-state index is -0.484. The molecule has 0 radical (unpaired) electrons. The lowest BCUT2D eigenvalue weighted by atomic mass is 10.1. The Kier molecular flexibility index (Phi) is 2.64. The van der Waals surface area contributed by atoms with Crippen molar-refractivity contribution in [1.82, 2.24) is 20.1 Å². The molecule has 3 rings (SSSR count). The predicted octanol–water partition coefficient (Wildman–Crippen LogP) is 0.382. The Hall–Kier alpha value is -1.73. The molecule has 3 N–H and O–H groups in total. The average molecular weight is 263 g/mol. The van der Waals surface area contributed by atoms with Crippen molar-refractivity contribution in [2.75, 3.05) is 6.54 Å². The van der Waals surface area contributed by atoms with Gasteiger partial charge < -0.3 is 11.1 Å². The number of amides is 1. The van der Waals surface area contributed by atoms with Crippen molar-refractivity contribution < 1.29 is 4.79 Å². The van der Waals surface area contributed by atoms with Crippen molar-refractivity contribution in [2.45, 2.75) is 19.9 Å². The number of fused-ring (bicyclic) bond motifs is 1. The van der Waals surface area contributed by atoms with Gasteiger partial charge in [-0.15, -0.1) is 11.3 Å². The van der Waals surface area contributed by atoms with Crippen LogP contribution in [0.2, 0.25) is 0 Å². The van der Waals surface area contributed by atoms with Gasteiger partial charge in [-0.25, -0.2) is 9.67 Å². The minimum Gasteiger partial charge on any atom is -0.364 e. The molecule has 2 aromatic heterocycles. The quantitative estimate of drug-likeness (QED) is 0.820. The van der Waals surface area contributed by atoms with Gasteiger partial charge in [-0.2, -0.15) is 5.10 Å². The van der Waals surface area contributed by atoms with Crippen LogP contribution in [0.4, 0.5) is 0 Å². The van der Waals surface area contributed by atoms with E-state index in [-0.39, 0.29) is 0 Å². The first-order valence-electron chi connectivity index (χ1n) is 5.70. The van der Waals surface area contributed by atoms with Gasteiger partial charge in [-0.05, 0) is 6.92 Å². The molecule has 0 saturated heterocycles. The topological polar surface area (TPSA) is 85.8 Å². The van der Waals surface area contributed by atoms with Crippen LogP contribution in [0.15, 0.2) is 5.38 Å². The van der Waals surface area contributed by atoms with Crippen LogP contribution in [-0.2, 0) is 13.0 Å². The zero-order valence-corrected chi connectivity index (χ0v) is 10.8. The molecule has 2 aromatic rings. The lowest BCUT2D eigenvalue weighted by Gasteiger charge is -2.14. The summed E-state index contributed by atoms with van der Waals surface area (Å²) in [5, 5.41) is 10.3.